The second-order valence-corrected chi connectivity index (χ2v) is 4.10. The van der Waals surface area contributed by atoms with Gasteiger partial charge < -0.3 is 0 Å². The average molecular weight is 241 g/mol. The Morgan fingerprint density at radius 1 is 1.40 bits per heavy atom. The summed E-state index contributed by atoms with van der Waals surface area (Å²) in [5.74, 6) is 0. The Morgan fingerprint density at radius 3 is 2.33 bits per heavy atom. The summed E-state index contributed by atoms with van der Waals surface area (Å²) < 4.78 is 29.9. The van der Waals surface area contributed by atoms with Gasteiger partial charge in [0.05, 0.1) is 4.92 Å². The van der Waals surface area contributed by atoms with Gasteiger partial charge in [-0.05, 0) is 13.0 Å². The van der Waals surface area contributed by atoms with Crippen molar-refractivity contribution in [1.82, 2.24) is 0 Å². The Balaban J connectivity index is 0.00000196. The zero-order valence-electron chi connectivity index (χ0n) is 7.17. The third-order valence-electron chi connectivity index (χ3n) is 1.68. The van der Waals surface area contributed by atoms with Gasteiger partial charge >= 0.3 is 29.6 Å². The van der Waals surface area contributed by atoms with E-state index in [-0.39, 0.29) is 35.2 Å². The zero-order chi connectivity index (χ0) is 10.9. The van der Waals surface area contributed by atoms with Crippen molar-refractivity contribution in [3.8, 4) is 0 Å². The Morgan fingerprint density at radius 2 is 1.93 bits per heavy atom. The van der Waals surface area contributed by atoms with E-state index in [0.29, 0.717) is 5.56 Å². The molecule has 0 fully saturated rings. The van der Waals surface area contributed by atoms with E-state index in [2.05, 4.69) is 0 Å². The average Bonchev–Trinajstić information content (AvgIpc) is 2.02. The summed E-state index contributed by atoms with van der Waals surface area (Å²) in [6.45, 7) is 1.48. The molecule has 6 nitrogen and oxygen atoms in total. The minimum atomic E-state index is -4.38. The van der Waals surface area contributed by atoms with Gasteiger partial charge in [-0.2, -0.15) is 8.42 Å². The molecule has 0 radical (unpaired) electrons. The van der Waals surface area contributed by atoms with Crippen LogP contribution < -0.4 is 0 Å². The molecule has 0 saturated heterocycles. The maximum absolute atomic E-state index is 10.7. The molecular weight excluding hydrogens is 233 g/mol. The summed E-state index contributed by atoms with van der Waals surface area (Å²) in [4.78, 5) is 9.25. The molecule has 0 unspecified atom stereocenters. The Kier molecular flexibility index (Phi) is 4.88. The van der Waals surface area contributed by atoms with Crippen LogP contribution in [0.2, 0.25) is 0 Å². The van der Waals surface area contributed by atoms with Crippen LogP contribution in [0, 0.1) is 17.0 Å². The molecule has 1 aromatic carbocycles. The molecule has 0 spiro atoms. The molecule has 0 aromatic heterocycles. The third kappa shape index (κ3) is 3.54. The van der Waals surface area contributed by atoms with Crippen molar-refractivity contribution in [2.45, 2.75) is 11.8 Å². The van der Waals surface area contributed by atoms with E-state index in [1.54, 1.807) is 0 Å². The maximum atomic E-state index is 10.7. The van der Waals surface area contributed by atoms with Crippen LogP contribution in [0.1, 0.15) is 5.56 Å². The second kappa shape index (κ2) is 5.04. The van der Waals surface area contributed by atoms with E-state index in [4.69, 9.17) is 4.55 Å². The molecule has 1 rings (SSSR count). The van der Waals surface area contributed by atoms with Gasteiger partial charge in [-0.3, -0.25) is 14.7 Å². The van der Waals surface area contributed by atoms with Gasteiger partial charge in [0.1, 0.15) is 4.90 Å². The molecular formula is C7H8NNaO5S. The van der Waals surface area contributed by atoms with Crippen molar-refractivity contribution in [1.29, 1.82) is 0 Å². The molecule has 0 aliphatic rings. The van der Waals surface area contributed by atoms with E-state index in [1.165, 1.54) is 13.0 Å². The molecule has 8 heteroatoms. The first-order valence-corrected chi connectivity index (χ1v) is 4.99. The van der Waals surface area contributed by atoms with Gasteiger partial charge in [-0.15, -0.1) is 0 Å². The van der Waals surface area contributed by atoms with Crippen LogP contribution in [0.3, 0.4) is 0 Å². The van der Waals surface area contributed by atoms with E-state index >= 15 is 0 Å². The number of benzene rings is 1. The number of nitro benzene ring substituents is 1. The van der Waals surface area contributed by atoms with Gasteiger partial charge in [-0.25, -0.2) is 0 Å². The first kappa shape index (κ1) is 14.5. The summed E-state index contributed by atoms with van der Waals surface area (Å²) in [5, 5.41) is 10.4. The molecule has 1 aromatic rings. The molecule has 0 heterocycles. The van der Waals surface area contributed by atoms with Crippen LogP contribution in [-0.2, 0) is 10.1 Å². The molecule has 1 N–H and O–H groups in total. The fraction of sp³-hybridized carbons (Fsp3) is 0.143. The summed E-state index contributed by atoms with van der Waals surface area (Å²) in [6, 6.07) is 3.20. The van der Waals surface area contributed by atoms with Crippen LogP contribution in [0.15, 0.2) is 23.1 Å². The fourth-order valence-electron chi connectivity index (χ4n) is 0.946. The first-order chi connectivity index (χ1) is 6.32. The van der Waals surface area contributed by atoms with Crippen molar-refractivity contribution in [3.63, 3.8) is 0 Å². The molecule has 0 atom stereocenters. The third-order valence-corrected chi connectivity index (χ3v) is 2.52. The predicted octanol–water partition coefficient (Wildman–Crippen LogP) is 0.501. The molecule has 78 valence electrons. The Hall–Kier alpha value is -0.470. The van der Waals surface area contributed by atoms with Crippen molar-refractivity contribution >= 4 is 45.4 Å². The molecule has 0 aliphatic heterocycles. The normalized spacial score (nSPS) is 10.5. The van der Waals surface area contributed by atoms with Crippen molar-refractivity contribution < 1.29 is 17.9 Å². The SMILES string of the molecule is Cc1ccc(S(=O)(=O)O)cc1[N+](=O)[O-].[NaH]. The summed E-state index contributed by atoms with van der Waals surface area (Å²) in [5.41, 5.74) is 0.00234. The number of aryl methyl sites for hydroxylation is 1. The second-order valence-electron chi connectivity index (χ2n) is 2.68. The van der Waals surface area contributed by atoms with E-state index in [1.807, 2.05) is 0 Å². The molecule has 0 bridgehead atoms. The fourth-order valence-corrected chi connectivity index (χ4v) is 1.45. The Labute approximate surface area is 108 Å². The van der Waals surface area contributed by atoms with Gasteiger partial charge in [-0.1, -0.05) is 6.07 Å². The van der Waals surface area contributed by atoms with Crippen LogP contribution in [0.5, 0.6) is 0 Å². The summed E-state index contributed by atoms with van der Waals surface area (Å²) in [6.07, 6.45) is 0. The zero-order valence-corrected chi connectivity index (χ0v) is 7.98. The van der Waals surface area contributed by atoms with Crippen molar-refractivity contribution in [3.05, 3.63) is 33.9 Å². The van der Waals surface area contributed by atoms with Crippen LogP contribution >= 0.6 is 0 Å². The first-order valence-electron chi connectivity index (χ1n) is 3.55. The van der Waals surface area contributed by atoms with Crippen LogP contribution in [0.25, 0.3) is 0 Å². The van der Waals surface area contributed by atoms with E-state index < -0.39 is 19.9 Å². The number of nitrogens with zero attached hydrogens (tertiary/aromatic N) is 1. The van der Waals surface area contributed by atoms with Gasteiger partial charge in [0.25, 0.3) is 15.8 Å². The summed E-state index contributed by atoms with van der Waals surface area (Å²) in [7, 11) is -4.38. The van der Waals surface area contributed by atoms with Gasteiger partial charge in [0, 0.05) is 11.6 Å². The number of rotatable bonds is 2. The molecule has 0 saturated carbocycles. The Bertz CT molecular complexity index is 484. The minimum absolute atomic E-state index is 0. The number of hydrogen-bond donors (Lipinski definition) is 1. The van der Waals surface area contributed by atoms with Crippen molar-refractivity contribution in [2.75, 3.05) is 0 Å². The van der Waals surface area contributed by atoms with Crippen LogP contribution in [0.4, 0.5) is 5.69 Å². The quantitative estimate of drug-likeness (QED) is 0.352. The molecule has 15 heavy (non-hydrogen) atoms. The van der Waals surface area contributed by atoms with Crippen LogP contribution in [-0.4, -0.2) is 47.5 Å². The van der Waals surface area contributed by atoms with Gasteiger partial charge in [0.15, 0.2) is 0 Å². The monoisotopic (exact) mass is 241 g/mol. The standard InChI is InChI=1S/C7H7NO5S.Na.H/c1-5-2-3-6(14(11,12)13)4-7(5)8(9)10;;/h2-4H,1H3,(H,11,12,13);;. The number of hydrogen-bond acceptors (Lipinski definition) is 4. The predicted molar refractivity (Wildman–Crippen MR) is 54.8 cm³/mol. The van der Waals surface area contributed by atoms with Gasteiger partial charge in [0.2, 0.25) is 0 Å². The number of nitro groups is 1. The molecule has 0 aliphatic carbocycles. The van der Waals surface area contributed by atoms with Crippen molar-refractivity contribution in [2.24, 2.45) is 0 Å². The summed E-state index contributed by atoms with van der Waals surface area (Å²) >= 11 is 0. The topological polar surface area (TPSA) is 97.5 Å². The van der Waals surface area contributed by atoms with E-state index in [0.717, 1.165) is 12.1 Å². The molecule has 0 amide bonds. The van der Waals surface area contributed by atoms with E-state index in [9.17, 15) is 18.5 Å².